The van der Waals surface area contributed by atoms with E-state index >= 15 is 0 Å². The van der Waals surface area contributed by atoms with Crippen LogP contribution in [0.5, 0.6) is 0 Å². The van der Waals surface area contributed by atoms with Gasteiger partial charge in [-0.1, -0.05) is 25.4 Å². The van der Waals surface area contributed by atoms with E-state index in [4.69, 9.17) is 11.6 Å². The number of amides is 2. The molecule has 134 valence electrons. The maximum Gasteiger partial charge on any atom is 0.417 e. The van der Waals surface area contributed by atoms with Crippen molar-refractivity contribution in [1.29, 1.82) is 0 Å². The van der Waals surface area contributed by atoms with E-state index in [-0.39, 0.29) is 18.1 Å². The van der Waals surface area contributed by atoms with Gasteiger partial charge in [0.1, 0.15) is 0 Å². The molecule has 1 N–H and O–H groups in total. The lowest BCUT2D eigenvalue weighted by atomic mass is 10.1. The third-order valence-corrected chi connectivity index (χ3v) is 3.63. The predicted molar refractivity (Wildman–Crippen MR) is 86.8 cm³/mol. The van der Waals surface area contributed by atoms with Gasteiger partial charge in [0.2, 0.25) is 11.8 Å². The average molecular weight is 365 g/mol. The molecule has 0 aliphatic carbocycles. The summed E-state index contributed by atoms with van der Waals surface area (Å²) in [7, 11) is 1.48. The Kier molecular flexibility index (Phi) is 7.08. The smallest absolute Gasteiger partial charge is 0.336 e. The first kappa shape index (κ1) is 20.3. The second kappa shape index (κ2) is 8.37. The molecule has 0 radical (unpaired) electrons. The number of likely N-dealkylation sites (N-methyl/N-ethyl adjacent to an activating group) is 1. The zero-order chi connectivity index (χ0) is 18.5. The molecular formula is C16H20ClF3N2O2. The minimum absolute atomic E-state index is 0.0280. The summed E-state index contributed by atoms with van der Waals surface area (Å²) in [6, 6.07) is 3.11. The lowest BCUT2D eigenvalue weighted by molar-refractivity contribution is -0.137. The number of rotatable bonds is 6. The Labute approximate surface area is 144 Å². The number of anilines is 1. The number of nitrogens with zero attached hydrogens (tertiary/aromatic N) is 1. The van der Waals surface area contributed by atoms with Crippen molar-refractivity contribution in [3.8, 4) is 0 Å². The number of halogens is 4. The van der Waals surface area contributed by atoms with Crippen molar-refractivity contribution in [3.63, 3.8) is 0 Å². The minimum Gasteiger partial charge on any atom is -0.336 e. The van der Waals surface area contributed by atoms with Crippen LogP contribution in [0.3, 0.4) is 0 Å². The van der Waals surface area contributed by atoms with E-state index in [1.807, 2.05) is 13.8 Å². The zero-order valence-electron chi connectivity index (χ0n) is 13.7. The summed E-state index contributed by atoms with van der Waals surface area (Å²) in [6.07, 6.45) is -3.58. The van der Waals surface area contributed by atoms with Gasteiger partial charge < -0.3 is 10.2 Å². The van der Waals surface area contributed by atoms with Gasteiger partial charge in [-0.05, 0) is 30.5 Å². The first-order chi connectivity index (χ1) is 11.0. The van der Waals surface area contributed by atoms with Crippen LogP contribution in [0, 0.1) is 5.92 Å². The molecule has 0 saturated heterocycles. The van der Waals surface area contributed by atoms with Crippen molar-refractivity contribution in [2.75, 3.05) is 18.9 Å². The standard InChI is InChI=1S/C16H20ClF3N2O2/c1-10(2)4-7-15(24)22(3)9-14(23)21-11-5-6-13(17)12(8-11)16(18,19)20/h5-6,8,10H,4,7,9H2,1-3H3,(H,21,23). The normalized spacial score (nSPS) is 11.5. The summed E-state index contributed by atoms with van der Waals surface area (Å²) in [6.45, 7) is 3.73. The fraction of sp³-hybridized carbons (Fsp3) is 0.500. The molecule has 0 unspecified atom stereocenters. The number of hydrogen-bond donors (Lipinski definition) is 1. The lowest BCUT2D eigenvalue weighted by Gasteiger charge is -2.18. The molecule has 0 fully saturated rings. The van der Waals surface area contributed by atoms with Crippen LogP contribution in [0.2, 0.25) is 5.02 Å². The number of nitrogens with one attached hydrogen (secondary N) is 1. The number of carbonyl (C=O) groups is 2. The largest absolute Gasteiger partial charge is 0.417 e. The Morgan fingerprint density at radius 1 is 1.29 bits per heavy atom. The number of carbonyl (C=O) groups excluding carboxylic acids is 2. The molecule has 4 nitrogen and oxygen atoms in total. The highest BCUT2D eigenvalue weighted by Crippen LogP contribution is 2.36. The molecule has 0 aliphatic rings. The van der Waals surface area contributed by atoms with E-state index in [9.17, 15) is 22.8 Å². The molecular weight excluding hydrogens is 345 g/mol. The highest BCUT2D eigenvalue weighted by atomic mass is 35.5. The van der Waals surface area contributed by atoms with Gasteiger partial charge in [-0.25, -0.2) is 0 Å². The predicted octanol–water partition coefficient (Wildman–Crippen LogP) is 4.19. The molecule has 24 heavy (non-hydrogen) atoms. The molecule has 8 heteroatoms. The van der Waals surface area contributed by atoms with E-state index in [0.29, 0.717) is 18.8 Å². The molecule has 0 aromatic heterocycles. The summed E-state index contributed by atoms with van der Waals surface area (Å²) in [5, 5.41) is 1.90. The molecule has 0 heterocycles. The van der Waals surface area contributed by atoms with Crippen molar-refractivity contribution < 1.29 is 22.8 Å². The molecule has 1 aromatic carbocycles. The molecule has 2 amide bonds. The molecule has 0 bridgehead atoms. The highest BCUT2D eigenvalue weighted by Gasteiger charge is 2.33. The van der Waals surface area contributed by atoms with Crippen LogP contribution in [0.1, 0.15) is 32.3 Å². The first-order valence-corrected chi connectivity index (χ1v) is 7.79. The van der Waals surface area contributed by atoms with Crippen LogP contribution < -0.4 is 5.32 Å². The van der Waals surface area contributed by atoms with Gasteiger partial charge in [-0.2, -0.15) is 13.2 Å². The maximum atomic E-state index is 12.8. The monoisotopic (exact) mass is 364 g/mol. The van der Waals surface area contributed by atoms with Gasteiger partial charge in [0, 0.05) is 19.2 Å². The van der Waals surface area contributed by atoms with E-state index in [0.717, 1.165) is 12.1 Å². The third-order valence-electron chi connectivity index (χ3n) is 3.30. The summed E-state index contributed by atoms with van der Waals surface area (Å²) < 4.78 is 38.3. The van der Waals surface area contributed by atoms with Crippen LogP contribution in [-0.4, -0.2) is 30.3 Å². The van der Waals surface area contributed by atoms with Crippen molar-refractivity contribution in [3.05, 3.63) is 28.8 Å². The number of benzene rings is 1. The van der Waals surface area contributed by atoms with Crippen molar-refractivity contribution >= 4 is 29.1 Å². The van der Waals surface area contributed by atoms with Gasteiger partial charge >= 0.3 is 6.18 Å². The van der Waals surface area contributed by atoms with Gasteiger partial charge in [-0.3, -0.25) is 9.59 Å². The summed E-state index contributed by atoms with van der Waals surface area (Å²) in [4.78, 5) is 25.0. The Morgan fingerprint density at radius 3 is 2.46 bits per heavy atom. The fourth-order valence-electron chi connectivity index (χ4n) is 1.93. The second-order valence-corrected chi connectivity index (χ2v) is 6.33. The van der Waals surface area contributed by atoms with Gasteiger partial charge in [0.05, 0.1) is 17.1 Å². The fourth-order valence-corrected chi connectivity index (χ4v) is 2.15. The van der Waals surface area contributed by atoms with Crippen LogP contribution in [0.15, 0.2) is 18.2 Å². The Hall–Kier alpha value is -1.76. The quantitative estimate of drug-likeness (QED) is 0.822. The van der Waals surface area contributed by atoms with E-state index < -0.39 is 22.7 Å². The van der Waals surface area contributed by atoms with E-state index in [1.165, 1.54) is 18.0 Å². The van der Waals surface area contributed by atoms with E-state index in [1.54, 1.807) is 0 Å². The highest BCUT2D eigenvalue weighted by molar-refractivity contribution is 6.31. The van der Waals surface area contributed by atoms with E-state index in [2.05, 4.69) is 5.32 Å². The SMILES string of the molecule is CC(C)CCC(=O)N(C)CC(=O)Nc1ccc(Cl)c(C(F)(F)F)c1. The van der Waals surface area contributed by atoms with Crippen molar-refractivity contribution in [1.82, 2.24) is 4.90 Å². The molecule has 1 rings (SSSR count). The maximum absolute atomic E-state index is 12.8. The molecule has 0 aliphatic heterocycles. The first-order valence-electron chi connectivity index (χ1n) is 7.41. The average Bonchev–Trinajstić information content (AvgIpc) is 2.45. The number of hydrogen-bond acceptors (Lipinski definition) is 2. The number of alkyl halides is 3. The Balaban J connectivity index is 2.67. The Morgan fingerprint density at radius 2 is 1.92 bits per heavy atom. The van der Waals surface area contributed by atoms with Crippen molar-refractivity contribution in [2.45, 2.75) is 32.9 Å². The summed E-state index contributed by atoms with van der Waals surface area (Å²) in [5.74, 6) is -0.400. The molecule has 0 atom stereocenters. The van der Waals surface area contributed by atoms with Crippen LogP contribution in [0.4, 0.5) is 18.9 Å². The minimum atomic E-state index is -4.61. The molecule has 1 aromatic rings. The van der Waals surface area contributed by atoms with Crippen LogP contribution in [0.25, 0.3) is 0 Å². The zero-order valence-corrected chi connectivity index (χ0v) is 14.5. The van der Waals surface area contributed by atoms with Crippen LogP contribution in [-0.2, 0) is 15.8 Å². The van der Waals surface area contributed by atoms with Gasteiger partial charge in [0.25, 0.3) is 0 Å². The van der Waals surface area contributed by atoms with Crippen LogP contribution >= 0.6 is 11.6 Å². The molecule has 0 spiro atoms. The summed E-state index contributed by atoms with van der Waals surface area (Å²) in [5.41, 5.74) is -1.05. The molecule has 0 saturated carbocycles. The third kappa shape index (κ3) is 6.39. The van der Waals surface area contributed by atoms with Crippen molar-refractivity contribution in [2.24, 2.45) is 5.92 Å². The Bertz CT molecular complexity index is 603. The second-order valence-electron chi connectivity index (χ2n) is 5.92. The summed E-state index contributed by atoms with van der Waals surface area (Å²) >= 11 is 5.52. The van der Waals surface area contributed by atoms with Gasteiger partial charge in [0.15, 0.2) is 0 Å². The topological polar surface area (TPSA) is 49.4 Å². The lowest BCUT2D eigenvalue weighted by Crippen LogP contribution is -2.35. The van der Waals surface area contributed by atoms with Gasteiger partial charge in [-0.15, -0.1) is 0 Å².